The van der Waals surface area contributed by atoms with Gasteiger partial charge in [-0.05, 0) is 26.2 Å². The van der Waals surface area contributed by atoms with Gasteiger partial charge in [0.1, 0.15) is 0 Å². The van der Waals surface area contributed by atoms with Gasteiger partial charge in [-0.1, -0.05) is 21.3 Å². The predicted octanol–water partition coefficient (Wildman–Crippen LogP) is 2.93. The van der Waals surface area contributed by atoms with Crippen molar-refractivity contribution < 1.29 is 13.0 Å². The Morgan fingerprint density at radius 1 is 1.00 bits per heavy atom. The van der Waals surface area contributed by atoms with E-state index < -0.39 is 17.1 Å². The van der Waals surface area contributed by atoms with Gasteiger partial charge in [-0.15, -0.1) is 0 Å². The van der Waals surface area contributed by atoms with Gasteiger partial charge >= 0.3 is 17.1 Å². The molecule has 0 saturated heterocycles. The molecule has 0 bridgehead atoms. The zero-order valence-electron chi connectivity index (χ0n) is 8.30. The molecule has 0 aromatic rings. The highest BCUT2D eigenvalue weighted by Crippen LogP contribution is 2.15. The molecule has 0 N–H and O–H groups in total. The molecule has 3 nitrogen and oxygen atoms in total. The molecule has 0 saturated carbocycles. The summed E-state index contributed by atoms with van der Waals surface area (Å²) in [6.45, 7) is 7.73. The quantitative estimate of drug-likeness (QED) is 0.555. The van der Waals surface area contributed by atoms with Crippen LogP contribution in [0, 0.1) is 12.5 Å². The van der Waals surface area contributed by atoms with Gasteiger partial charge in [-0.2, -0.15) is 0 Å². The minimum atomic E-state index is -2.16. The highest BCUT2D eigenvalue weighted by atomic mass is 28.5. The molecule has 14 heavy (non-hydrogen) atoms. The third-order valence-corrected chi connectivity index (χ3v) is 6.81. The molecule has 0 heterocycles. The summed E-state index contributed by atoms with van der Waals surface area (Å²) in [6, 6.07) is 0. The molecule has 0 radical (unpaired) electrons. The third kappa shape index (κ3) is 8.32. The monoisotopic (exact) mass is 236 g/mol. The van der Waals surface area contributed by atoms with E-state index in [1.165, 1.54) is 0 Å². The molecule has 0 aromatic carbocycles. The summed E-state index contributed by atoms with van der Waals surface area (Å²) in [5.41, 5.74) is 0. The van der Waals surface area contributed by atoms with E-state index in [1.807, 2.05) is 26.2 Å². The second-order valence-corrected chi connectivity index (χ2v) is 10.4. The number of hydrogen-bond acceptors (Lipinski definition) is 3. The highest BCUT2D eigenvalue weighted by Gasteiger charge is 2.36. The van der Waals surface area contributed by atoms with Crippen LogP contribution in [0.15, 0.2) is 0 Å². The Bertz CT molecular complexity index is 185. The Hall–Kier alpha value is -0.286. The van der Waals surface area contributed by atoms with Crippen molar-refractivity contribution in [1.29, 1.82) is 0 Å². The van der Waals surface area contributed by atoms with Gasteiger partial charge in [0.2, 0.25) is 0 Å². The lowest BCUT2D eigenvalue weighted by molar-refractivity contribution is 0.274. The first kappa shape index (κ1) is 19.3. The van der Waals surface area contributed by atoms with Gasteiger partial charge in [-0.3, -0.25) is 0 Å². The first-order valence-corrected chi connectivity index (χ1v) is 9.35. The molecular weight excluding hydrogens is 212 g/mol. The van der Waals surface area contributed by atoms with Crippen molar-refractivity contribution in [2.24, 2.45) is 0 Å². The molecule has 0 unspecified atom stereocenters. The summed E-state index contributed by atoms with van der Waals surface area (Å²) in [6.07, 6.45) is 7.19. The molecule has 86 valence electrons. The Morgan fingerprint density at radius 2 is 1.43 bits per heavy atom. The van der Waals surface area contributed by atoms with Crippen molar-refractivity contribution in [1.82, 2.24) is 0 Å². The van der Waals surface area contributed by atoms with E-state index in [2.05, 4.69) is 6.11 Å². The van der Waals surface area contributed by atoms with Crippen molar-refractivity contribution in [3.05, 3.63) is 0 Å². The van der Waals surface area contributed by atoms with Crippen LogP contribution >= 0.6 is 0 Å². The maximum absolute atomic E-state index is 5.71. The van der Waals surface area contributed by atoms with Crippen molar-refractivity contribution in [3.8, 4) is 12.5 Å². The van der Waals surface area contributed by atoms with E-state index in [0.29, 0.717) is 0 Å². The first-order valence-electron chi connectivity index (χ1n) is 3.72. The Balaban J connectivity index is -0.000000605. The minimum absolute atomic E-state index is 0. The standard InChI is InChI=1S/C7H16O3Si2.2CH4/c1-7-9-12(5,6)10-11(3,4)8-2;;/h1H,2-6H3;2*1H4. The Kier molecular flexibility index (Phi) is 9.75. The summed E-state index contributed by atoms with van der Waals surface area (Å²) >= 11 is 0. The zero-order valence-corrected chi connectivity index (χ0v) is 10.3. The van der Waals surface area contributed by atoms with Crippen molar-refractivity contribution in [3.63, 3.8) is 0 Å². The lowest BCUT2D eigenvalue weighted by Gasteiger charge is -2.29. The highest BCUT2D eigenvalue weighted by molar-refractivity contribution is 6.78. The van der Waals surface area contributed by atoms with Gasteiger partial charge in [0.25, 0.3) is 0 Å². The van der Waals surface area contributed by atoms with Crippen LogP contribution in [-0.4, -0.2) is 24.2 Å². The fraction of sp³-hybridized carbons (Fsp3) is 0.778. The van der Waals surface area contributed by atoms with Crippen molar-refractivity contribution >= 4 is 17.1 Å². The molecule has 0 aliphatic heterocycles. The normalized spacial score (nSPS) is 10.6. The third-order valence-electron chi connectivity index (χ3n) is 1.29. The van der Waals surface area contributed by atoms with Crippen LogP contribution in [0.5, 0.6) is 0 Å². The van der Waals surface area contributed by atoms with E-state index in [4.69, 9.17) is 19.4 Å². The summed E-state index contributed by atoms with van der Waals surface area (Å²) < 4.78 is 16.0. The molecule has 0 fully saturated rings. The van der Waals surface area contributed by atoms with Crippen LogP contribution in [0.4, 0.5) is 0 Å². The molecule has 0 aromatic heterocycles. The average Bonchev–Trinajstić information content (AvgIpc) is 1.85. The molecule has 0 spiro atoms. The molecule has 0 amide bonds. The molecule has 0 rings (SSSR count). The maximum Gasteiger partial charge on any atom is 0.394 e. The molecular formula is C9H24O3Si2. The second kappa shape index (κ2) is 7.06. The fourth-order valence-electron chi connectivity index (χ4n) is 0.796. The van der Waals surface area contributed by atoms with Crippen LogP contribution in [0.2, 0.25) is 26.2 Å². The van der Waals surface area contributed by atoms with Gasteiger partial charge in [0.05, 0.1) is 6.11 Å². The van der Waals surface area contributed by atoms with Crippen LogP contribution in [0.3, 0.4) is 0 Å². The Morgan fingerprint density at radius 3 is 1.71 bits per heavy atom. The second-order valence-electron chi connectivity index (χ2n) is 3.33. The topological polar surface area (TPSA) is 27.7 Å². The van der Waals surface area contributed by atoms with Crippen LogP contribution in [0.1, 0.15) is 14.9 Å². The fourth-order valence-corrected chi connectivity index (χ4v) is 6.32. The van der Waals surface area contributed by atoms with Crippen molar-refractivity contribution in [2.45, 2.75) is 41.0 Å². The van der Waals surface area contributed by atoms with Crippen LogP contribution in [0.25, 0.3) is 0 Å². The van der Waals surface area contributed by atoms with Gasteiger partial charge < -0.3 is 13.0 Å². The van der Waals surface area contributed by atoms with E-state index in [0.717, 1.165) is 0 Å². The molecule has 0 aliphatic rings. The van der Waals surface area contributed by atoms with E-state index in [-0.39, 0.29) is 14.9 Å². The SMILES string of the molecule is C.C.C#CO[Si](C)(C)O[Si](C)(C)OC. The summed E-state index contributed by atoms with van der Waals surface area (Å²) in [7, 11) is -2.52. The zero-order chi connectivity index (χ0) is 9.83. The predicted molar refractivity (Wildman–Crippen MR) is 66.4 cm³/mol. The summed E-state index contributed by atoms with van der Waals surface area (Å²) in [5.74, 6) is 0. The largest absolute Gasteiger partial charge is 0.474 e. The lowest BCUT2D eigenvalue weighted by Crippen LogP contribution is -2.47. The first-order chi connectivity index (χ1) is 5.33. The van der Waals surface area contributed by atoms with E-state index >= 15 is 0 Å². The van der Waals surface area contributed by atoms with Crippen molar-refractivity contribution in [2.75, 3.05) is 7.11 Å². The van der Waals surface area contributed by atoms with Crippen LogP contribution in [-0.2, 0) is 13.0 Å². The molecule has 0 aliphatic carbocycles. The van der Waals surface area contributed by atoms with Crippen LogP contribution < -0.4 is 0 Å². The number of hydrogen-bond donors (Lipinski definition) is 0. The average molecular weight is 236 g/mol. The minimum Gasteiger partial charge on any atom is -0.474 e. The van der Waals surface area contributed by atoms with Gasteiger partial charge in [-0.25, -0.2) is 0 Å². The summed E-state index contributed by atoms with van der Waals surface area (Å²) in [4.78, 5) is 0. The maximum atomic E-state index is 5.71. The van der Waals surface area contributed by atoms with Gasteiger partial charge in [0, 0.05) is 7.11 Å². The van der Waals surface area contributed by atoms with Gasteiger partial charge in [0.15, 0.2) is 0 Å². The summed E-state index contributed by atoms with van der Waals surface area (Å²) in [5, 5.41) is 0. The lowest BCUT2D eigenvalue weighted by atomic mass is 11.3. The number of terminal acetylenes is 1. The van der Waals surface area contributed by atoms with E-state index in [1.54, 1.807) is 7.11 Å². The molecule has 5 heteroatoms. The Labute approximate surface area is 91.3 Å². The van der Waals surface area contributed by atoms with E-state index in [9.17, 15) is 0 Å². The smallest absolute Gasteiger partial charge is 0.394 e. The number of rotatable bonds is 4. The molecule has 0 atom stereocenters.